The van der Waals surface area contributed by atoms with Crippen LogP contribution in [0.1, 0.15) is 74.9 Å². The molecule has 5 nitrogen and oxygen atoms in total. The van der Waals surface area contributed by atoms with Crippen LogP contribution < -0.4 is 35.4 Å². The quantitative estimate of drug-likeness (QED) is 0.120. The Bertz CT molecular complexity index is 4060. The van der Waals surface area contributed by atoms with Crippen molar-refractivity contribution in [2.45, 2.75) is 80.7 Å². The summed E-state index contributed by atoms with van der Waals surface area (Å²) in [7, 11) is 4.66. The Morgan fingerprint density at radius 3 is 1.16 bits per heavy atom. The topological polar surface area (TPSA) is 16.2 Å². The zero-order chi connectivity index (χ0) is 64.1. The average molecular weight is 1200 g/mol. The summed E-state index contributed by atoms with van der Waals surface area (Å²) in [6.07, 6.45) is 0.974. The van der Waals surface area contributed by atoms with Gasteiger partial charge in [-0.05, 0) is 190 Å². The molecule has 1 atom stereocenters. The Hall–Kier alpha value is -10.2. The van der Waals surface area contributed by atoms with Crippen molar-refractivity contribution in [3.05, 3.63) is 337 Å². The summed E-state index contributed by atoms with van der Waals surface area (Å²) in [5.74, 6) is 0. The first-order valence-corrected chi connectivity index (χ1v) is 32.6. The molecule has 92 heavy (non-hydrogen) atoms. The number of para-hydroxylation sites is 6. The molecule has 0 saturated carbocycles. The molecule has 0 bridgehead atoms. The number of nitrogens with zero attached hydrogens (tertiary/aromatic N) is 5. The van der Waals surface area contributed by atoms with E-state index in [2.05, 4.69) is 384 Å². The van der Waals surface area contributed by atoms with E-state index < -0.39 is 0 Å². The number of benzene rings is 12. The van der Waals surface area contributed by atoms with Gasteiger partial charge in [-0.2, -0.15) is 0 Å². The molecule has 0 fully saturated rings. The first kappa shape index (κ1) is 63.3. The van der Waals surface area contributed by atoms with Crippen LogP contribution in [0.25, 0.3) is 11.1 Å². The second-order valence-corrected chi connectivity index (χ2v) is 23.7. The lowest BCUT2D eigenvalue weighted by molar-refractivity contribution is 0.660. The highest BCUT2D eigenvalue weighted by atomic mass is 15.4. The Morgan fingerprint density at radius 1 is 0.337 bits per heavy atom. The fourth-order valence-electron chi connectivity index (χ4n) is 12.7. The van der Waals surface area contributed by atoms with Crippen LogP contribution in [0.5, 0.6) is 0 Å². The number of anilines is 12. The Morgan fingerprint density at radius 2 is 0.717 bits per heavy atom. The van der Waals surface area contributed by atoms with Crippen molar-refractivity contribution in [1.82, 2.24) is 0 Å². The van der Waals surface area contributed by atoms with E-state index in [1.54, 1.807) is 0 Å². The van der Waals surface area contributed by atoms with Crippen LogP contribution in [-0.2, 0) is 5.41 Å². The van der Waals surface area contributed by atoms with E-state index in [1.807, 2.05) is 27.7 Å². The largest absolute Gasteiger partial charge is 0.350 e. The number of aryl methyl sites for hydroxylation is 4. The molecule has 0 aromatic heterocycles. The first-order chi connectivity index (χ1) is 45.1. The van der Waals surface area contributed by atoms with Crippen molar-refractivity contribution in [2.24, 2.45) is 0 Å². The molecule has 7 heteroatoms. The molecule has 1 unspecified atom stereocenters. The van der Waals surface area contributed by atoms with Gasteiger partial charge >= 0.3 is 0 Å². The third-order valence-corrected chi connectivity index (χ3v) is 17.2. The molecule has 2 radical (unpaired) electrons. The summed E-state index contributed by atoms with van der Waals surface area (Å²) in [5, 5.41) is 0. The van der Waals surface area contributed by atoms with E-state index in [1.165, 1.54) is 89.6 Å². The van der Waals surface area contributed by atoms with E-state index in [9.17, 15) is 0 Å². The highest BCUT2D eigenvalue weighted by Crippen LogP contribution is 2.52. The highest BCUT2D eigenvalue weighted by molar-refractivity contribution is 6.61. The molecule has 3 aliphatic rings. The van der Waals surface area contributed by atoms with Crippen molar-refractivity contribution >= 4 is 93.7 Å². The molecular weight excluding hydrogens is 1110 g/mol. The van der Waals surface area contributed by atoms with E-state index in [4.69, 9.17) is 0 Å². The smallest absolute Gasteiger partial charge is 0.212 e. The van der Waals surface area contributed by atoms with Gasteiger partial charge in [0, 0.05) is 73.7 Å². The average Bonchev–Trinajstić information content (AvgIpc) is 1.58. The minimum Gasteiger partial charge on any atom is -0.350 e. The third-order valence-electron chi connectivity index (χ3n) is 17.2. The predicted molar refractivity (Wildman–Crippen MR) is 400 cm³/mol. The van der Waals surface area contributed by atoms with Crippen LogP contribution in [-0.4, -0.2) is 27.1 Å². The Labute approximate surface area is 550 Å². The van der Waals surface area contributed by atoms with Gasteiger partial charge in [-0.1, -0.05) is 245 Å². The molecule has 0 amide bonds. The van der Waals surface area contributed by atoms with Crippen molar-refractivity contribution in [2.75, 3.05) is 30.9 Å². The van der Waals surface area contributed by atoms with Gasteiger partial charge in [0.25, 0.3) is 0 Å². The summed E-state index contributed by atoms with van der Waals surface area (Å²) >= 11 is 0. The van der Waals surface area contributed by atoms with E-state index in [0.29, 0.717) is 0 Å². The van der Waals surface area contributed by atoms with Crippen molar-refractivity contribution < 1.29 is 0 Å². The molecule has 0 saturated heterocycles. The molecule has 1 aliphatic carbocycles. The number of fused-ring (bicyclic) bond motifs is 5. The summed E-state index contributed by atoms with van der Waals surface area (Å²) in [4.78, 5) is 11.9. The molecular formula is C85H83B2N5. The van der Waals surface area contributed by atoms with Crippen LogP contribution in [0.3, 0.4) is 0 Å². The summed E-state index contributed by atoms with van der Waals surface area (Å²) in [6.45, 7) is 21.2. The molecule has 454 valence electrons. The van der Waals surface area contributed by atoms with Gasteiger partial charge < -0.3 is 24.5 Å². The fraction of sp³-hybridized carbons (Fsp3) is 0.153. The van der Waals surface area contributed by atoms with Gasteiger partial charge in [-0.3, -0.25) is 0 Å². The van der Waals surface area contributed by atoms with E-state index >= 15 is 0 Å². The molecule has 0 spiro atoms. The van der Waals surface area contributed by atoms with Crippen LogP contribution in [0, 0.1) is 27.7 Å². The van der Waals surface area contributed by atoms with E-state index in [0.717, 1.165) is 40.6 Å². The molecule has 2 aliphatic heterocycles. The third kappa shape index (κ3) is 13.6. The monoisotopic (exact) mass is 1200 g/mol. The van der Waals surface area contributed by atoms with E-state index in [-0.39, 0.29) is 11.5 Å². The van der Waals surface area contributed by atoms with Crippen LogP contribution in [0.15, 0.2) is 303 Å². The predicted octanol–water partition coefficient (Wildman–Crippen LogP) is 21.6. The van der Waals surface area contributed by atoms with Crippen LogP contribution in [0.2, 0.25) is 0 Å². The molecule has 0 N–H and O–H groups in total. The number of hydrogen-bond donors (Lipinski definition) is 0. The Kier molecular flexibility index (Phi) is 20.1. The first-order valence-electron chi connectivity index (χ1n) is 32.6. The van der Waals surface area contributed by atoms with Crippen molar-refractivity contribution in [1.29, 1.82) is 0 Å². The highest BCUT2D eigenvalue weighted by Gasteiger charge is 2.38. The standard InChI is InChI=1S/C39H32N2.C27H24BN2.C15H15BN.2C2H6/c1-39(2)37-27-33(40(29-15-7-3-8-16-29)30-17-9-4-10-18-30)23-25-35(37)36-26-24-34(28-38(36)39)41(31-19-11-5-12-20-31)32-21-13-6-14-22-32;1-20-12-16-23(17-13-20)29(24-18-14-21(2)15-19-24)27-28-25-10-6-7-11-26(25)30(27)22-8-4-3-5-9-22;1-11-3-6-13(7-4-11)17-10-16-14-9-12(2)5-8-15(14)17;2*1-2/h3-28H,1-2H3;3-19,27H,1-2H3;3-9H,10H2,1-2H3;2*1-2H3. The molecule has 12 aromatic carbocycles. The second kappa shape index (κ2) is 29.2. The van der Waals surface area contributed by atoms with Crippen molar-refractivity contribution in [3.63, 3.8) is 0 Å². The van der Waals surface area contributed by atoms with Gasteiger partial charge in [-0.15, -0.1) is 0 Å². The lowest BCUT2D eigenvalue weighted by Gasteiger charge is -2.39. The van der Waals surface area contributed by atoms with Gasteiger partial charge in [0.2, 0.25) is 7.28 Å². The van der Waals surface area contributed by atoms with Crippen molar-refractivity contribution in [3.8, 4) is 11.1 Å². The number of hydrogen-bond acceptors (Lipinski definition) is 5. The van der Waals surface area contributed by atoms with Gasteiger partial charge in [-0.25, -0.2) is 0 Å². The number of rotatable bonds is 11. The Balaban J connectivity index is 0.000000148. The SMILES string of the molecule is CC.CC.CC1(C)c2cc(N(c3ccccc3)c3ccccc3)ccc2-c2ccc(N(c3ccccc3)c3ccccc3)cc21.Cc1ccc(N(c2ccc(C)cc2)C2[B]c3ccccc3N2c2ccccc2)cc1.Cc1ccc(N2C[B]c3cc(C)ccc32)cc1. The van der Waals surface area contributed by atoms with Crippen LogP contribution >= 0.6 is 0 Å². The maximum atomic E-state index is 2.43. The summed E-state index contributed by atoms with van der Waals surface area (Å²) in [6, 6.07) is 109. The zero-order valence-electron chi connectivity index (χ0n) is 55.0. The second-order valence-electron chi connectivity index (χ2n) is 23.7. The maximum Gasteiger partial charge on any atom is 0.212 e. The van der Waals surface area contributed by atoms with Gasteiger partial charge in [0.1, 0.15) is 0 Å². The van der Waals surface area contributed by atoms with Crippen LogP contribution in [0.4, 0.5) is 68.2 Å². The molecule has 12 aromatic rings. The summed E-state index contributed by atoms with van der Waals surface area (Å²) < 4.78 is 0. The van der Waals surface area contributed by atoms with Gasteiger partial charge in [0.05, 0.1) is 6.07 Å². The minimum atomic E-state index is -0.158. The normalized spacial score (nSPS) is 13.2. The fourth-order valence-corrected chi connectivity index (χ4v) is 12.7. The minimum absolute atomic E-state index is 0.0372. The van der Waals surface area contributed by atoms with Gasteiger partial charge in [0.15, 0.2) is 7.28 Å². The summed E-state index contributed by atoms with van der Waals surface area (Å²) in [5.41, 5.74) is 27.2. The lowest BCUT2D eigenvalue weighted by atomic mass is 9.68. The molecule has 15 rings (SSSR count). The zero-order valence-corrected chi connectivity index (χ0v) is 55.0. The molecule has 2 heterocycles. The lowest BCUT2D eigenvalue weighted by Crippen LogP contribution is -2.45. The maximum absolute atomic E-state index is 2.43.